The fourth-order valence-corrected chi connectivity index (χ4v) is 2.53. The summed E-state index contributed by atoms with van der Waals surface area (Å²) in [4.78, 5) is 12.0. The van der Waals surface area contributed by atoms with Gasteiger partial charge in [-0.25, -0.2) is 0 Å². The van der Waals surface area contributed by atoms with Crippen molar-refractivity contribution in [3.05, 3.63) is 71.2 Å². The van der Waals surface area contributed by atoms with Crippen LogP contribution in [0.25, 0.3) is 11.8 Å². The van der Waals surface area contributed by atoms with Crippen LogP contribution >= 0.6 is 0 Å². The van der Waals surface area contributed by atoms with Gasteiger partial charge in [-0.1, -0.05) is 38.1 Å². The molecule has 0 saturated carbocycles. The van der Waals surface area contributed by atoms with Crippen LogP contribution in [0.15, 0.2) is 58.7 Å². The molecule has 1 aromatic carbocycles. The van der Waals surface area contributed by atoms with Crippen LogP contribution in [0.2, 0.25) is 0 Å². The summed E-state index contributed by atoms with van der Waals surface area (Å²) in [5.41, 5.74) is 3.77. The molecule has 0 aliphatic carbocycles. The van der Waals surface area contributed by atoms with Crippen molar-refractivity contribution in [1.82, 2.24) is 5.32 Å². The van der Waals surface area contributed by atoms with Crippen molar-refractivity contribution in [2.75, 3.05) is 0 Å². The van der Waals surface area contributed by atoms with E-state index >= 15 is 0 Å². The average molecular weight is 293 g/mol. The standard InChI is InChI=1S/C19H19NO2/c1-13(2)10-14-5-7-15(8-6-14)18-12-16(19(21)20-18)11-17-4-3-9-22-17/h3-9,11-13H,10H2,1-2H3,(H,20,21). The lowest BCUT2D eigenvalue weighted by Gasteiger charge is -2.07. The number of hydrogen-bond donors (Lipinski definition) is 1. The van der Waals surface area contributed by atoms with Crippen molar-refractivity contribution >= 4 is 17.7 Å². The molecule has 3 nitrogen and oxygen atoms in total. The zero-order chi connectivity index (χ0) is 15.5. The average Bonchev–Trinajstić information content (AvgIpc) is 3.10. The summed E-state index contributed by atoms with van der Waals surface area (Å²) in [6.07, 6.45) is 6.27. The van der Waals surface area contributed by atoms with Crippen LogP contribution in [0.5, 0.6) is 0 Å². The minimum absolute atomic E-state index is 0.0994. The molecule has 0 fully saturated rings. The number of amides is 1. The number of nitrogens with one attached hydrogen (secondary N) is 1. The van der Waals surface area contributed by atoms with Crippen LogP contribution in [0.1, 0.15) is 30.7 Å². The van der Waals surface area contributed by atoms with Gasteiger partial charge < -0.3 is 9.73 Å². The molecule has 1 aromatic heterocycles. The summed E-state index contributed by atoms with van der Waals surface area (Å²) < 4.78 is 5.25. The topological polar surface area (TPSA) is 42.2 Å². The molecule has 0 atom stereocenters. The van der Waals surface area contributed by atoms with Crippen LogP contribution in [-0.4, -0.2) is 5.91 Å². The van der Waals surface area contributed by atoms with E-state index in [9.17, 15) is 4.79 Å². The number of rotatable bonds is 4. The van der Waals surface area contributed by atoms with Crippen molar-refractivity contribution in [3.63, 3.8) is 0 Å². The lowest BCUT2D eigenvalue weighted by atomic mass is 10.0. The Hall–Kier alpha value is -2.55. The van der Waals surface area contributed by atoms with Gasteiger partial charge in [-0.2, -0.15) is 0 Å². The molecule has 1 amide bonds. The molecular formula is C19H19NO2. The van der Waals surface area contributed by atoms with E-state index in [1.807, 2.05) is 12.1 Å². The van der Waals surface area contributed by atoms with Gasteiger partial charge in [0.25, 0.3) is 5.91 Å². The highest BCUT2D eigenvalue weighted by Crippen LogP contribution is 2.23. The van der Waals surface area contributed by atoms with Gasteiger partial charge in [0, 0.05) is 11.3 Å². The molecule has 0 unspecified atom stereocenters. The van der Waals surface area contributed by atoms with E-state index in [1.165, 1.54) is 5.56 Å². The first-order valence-electron chi connectivity index (χ1n) is 7.49. The quantitative estimate of drug-likeness (QED) is 0.865. The molecule has 3 heteroatoms. The third-order valence-corrected chi connectivity index (χ3v) is 3.56. The Morgan fingerprint density at radius 3 is 2.59 bits per heavy atom. The SMILES string of the molecule is CC(C)Cc1ccc(C2=CC(=Cc3ccco3)C(=O)N2)cc1. The molecule has 2 aromatic rings. The molecule has 1 N–H and O–H groups in total. The summed E-state index contributed by atoms with van der Waals surface area (Å²) >= 11 is 0. The number of carbonyl (C=O) groups excluding carboxylic acids is 1. The van der Waals surface area contributed by atoms with Gasteiger partial charge in [0.05, 0.1) is 6.26 Å². The molecule has 0 spiro atoms. The van der Waals surface area contributed by atoms with E-state index in [4.69, 9.17) is 4.42 Å². The number of benzene rings is 1. The summed E-state index contributed by atoms with van der Waals surface area (Å²) in [7, 11) is 0. The van der Waals surface area contributed by atoms with Gasteiger partial charge >= 0.3 is 0 Å². The van der Waals surface area contributed by atoms with Crippen LogP contribution in [0.3, 0.4) is 0 Å². The number of furan rings is 1. The van der Waals surface area contributed by atoms with Gasteiger partial charge in [0.2, 0.25) is 0 Å². The molecule has 2 heterocycles. The molecule has 0 saturated heterocycles. The smallest absolute Gasteiger partial charge is 0.255 e. The Balaban J connectivity index is 1.82. The Morgan fingerprint density at radius 1 is 1.18 bits per heavy atom. The third kappa shape index (κ3) is 3.19. The summed E-state index contributed by atoms with van der Waals surface area (Å²) in [5.74, 6) is 1.21. The maximum absolute atomic E-state index is 12.0. The minimum atomic E-state index is -0.0994. The minimum Gasteiger partial charge on any atom is -0.465 e. The lowest BCUT2D eigenvalue weighted by molar-refractivity contribution is -0.115. The fraction of sp³-hybridized carbons (Fsp3) is 0.211. The lowest BCUT2D eigenvalue weighted by Crippen LogP contribution is -2.15. The van der Waals surface area contributed by atoms with Gasteiger partial charge in [0.15, 0.2) is 0 Å². The van der Waals surface area contributed by atoms with E-state index in [0.29, 0.717) is 17.3 Å². The van der Waals surface area contributed by atoms with Crippen molar-refractivity contribution in [3.8, 4) is 0 Å². The Bertz CT molecular complexity index is 719. The predicted octanol–water partition coefficient (Wildman–Crippen LogP) is 4.03. The van der Waals surface area contributed by atoms with Crippen molar-refractivity contribution < 1.29 is 9.21 Å². The second-order valence-corrected chi connectivity index (χ2v) is 5.92. The van der Waals surface area contributed by atoms with Gasteiger partial charge in [-0.15, -0.1) is 0 Å². The van der Waals surface area contributed by atoms with Crippen molar-refractivity contribution in [2.45, 2.75) is 20.3 Å². The molecule has 0 radical (unpaired) electrons. The zero-order valence-electron chi connectivity index (χ0n) is 12.8. The van der Waals surface area contributed by atoms with Gasteiger partial charge in [-0.3, -0.25) is 4.79 Å². The molecule has 3 rings (SSSR count). The van der Waals surface area contributed by atoms with Crippen LogP contribution < -0.4 is 5.32 Å². The van der Waals surface area contributed by atoms with Crippen LogP contribution in [0.4, 0.5) is 0 Å². The first-order chi connectivity index (χ1) is 10.6. The second kappa shape index (κ2) is 6.06. The molecule has 0 bridgehead atoms. The highest BCUT2D eigenvalue weighted by atomic mass is 16.3. The second-order valence-electron chi connectivity index (χ2n) is 5.92. The normalized spacial score (nSPS) is 16.2. The zero-order valence-corrected chi connectivity index (χ0v) is 12.8. The summed E-state index contributed by atoms with van der Waals surface area (Å²) in [6.45, 7) is 4.42. The Kier molecular flexibility index (Phi) is 3.96. The first-order valence-corrected chi connectivity index (χ1v) is 7.49. The summed E-state index contributed by atoms with van der Waals surface area (Å²) in [5, 5.41) is 2.91. The van der Waals surface area contributed by atoms with Crippen molar-refractivity contribution in [1.29, 1.82) is 0 Å². The highest BCUT2D eigenvalue weighted by molar-refractivity contribution is 6.10. The van der Waals surface area contributed by atoms with E-state index < -0.39 is 0 Å². The molecule has 1 aliphatic heterocycles. The first kappa shape index (κ1) is 14.4. The molecule has 1 aliphatic rings. The number of carbonyl (C=O) groups is 1. The van der Waals surface area contributed by atoms with Crippen LogP contribution in [-0.2, 0) is 11.2 Å². The van der Waals surface area contributed by atoms with Gasteiger partial charge in [0.1, 0.15) is 5.76 Å². The largest absolute Gasteiger partial charge is 0.465 e. The van der Waals surface area contributed by atoms with E-state index in [1.54, 1.807) is 18.4 Å². The fourth-order valence-electron chi connectivity index (χ4n) is 2.53. The van der Waals surface area contributed by atoms with E-state index in [2.05, 4.69) is 43.4 Å². The maximum atomic E-state index is 12.0. The van der Waals surface area contributed by atoms with E-state index in [-0.39, 0.29) is 5.91 Å². The third-order valence-electron chi connectivity index (χ3n) is 3.56. The summed E-state index contributed by atoms with van der Waals surface area (Å²) in [6, 6.07) is 12.0. The van der Waals surface area contributed by atoms with E-state index in [0.717, 1.165) is 17.7 Å². The predicted molar refractivity (Wildman–Crippen MR) is 87.8 cm³/mol. The Labute approximate surface area is 130 Å². The Morgan fingerprint density at radius 2 is 1.95 bits per heavy atom. The monoisotopic (exact) mass is 293 g/mol. The molecule has 22 heavy (non-hydrogen) atoms. The number of hydrogen-bond acceptors (Lipinski definition) is 2. The molecule has 112 valence electrons. The van der Waals surface area contributed by atoms with Crippen LogP contribution in [0, 0.1) is 5.92 Å². The maximum Gasteiger partial charge on any atom is 0.255 e. The van der Waals surface area contributed by atoms with Crippen molar-refractivity contribution in [2.24, 2.45) is 5.92 Å². The highest BCUT2D eigenvalue weighted by Gasteiger charge is 2.19. The molecular weight excluding hydrogens is 274 g/mol. The van der Waals surface area contributed by atoms with Gasteiger partial charge in [-0.05, 0) is 47.8 Å².